The van der Waals surface area contributed by atoms with E-state index in [0.29, 0.717) is 62.9 Å². The van der Waals surface area contributed by atoms with Crippen molar-refractivity contribution in [1.29, 1.82) is 0 Å². The predicted molar refractivity (Wildman–Crippen MR) is 113 cm³/mol. The number of anilines is 1. The zero-order chi connectivity index (χ0) is 20.0. The van der Waals surface area contributed by atoms with Gasteiger partial charge in [0.05, 0.1) is 32.9 Å². The number of amides is 1. The maximum Gasteiger partial charge on any atom is 0.259 e. The van der Waals surface area contributed by atoms with E-state index in [2.05, 4.69) is 31.4 Å². The lowest BCUT2D eigenvalue weighted by molar-refractivity contribution is 0.102. The summed E-state index contributed by atoms with van der Waals surface area (Å²) >= 11 is 5.03. The molecule has 0 bridgehead atoms. The monoisotopic (exact) mass is 471 g/mol. The Morgan fingerprint density at radius 2 is 2.00 bits per heavy atom. The number of fused-ring (bicyclic) bond motifs is 2. The second kappa shape index (κ2) is 7.16. The molecule has 0 saturated heterocycles. The molecule has 1 amide bonds. The van der Waals surface area contributed by atoms with Crippen LogP contribution in [0, 0.1) is 6.92 Å². The number of hydrogen-bond acceptors (Lipinski definition) is 7. The predicted octanol–water partition coefficient (Wildman–Crippen LogP) is 5.05. The van der Waals surface area contributed by atoms with Gasteiger partial charge in [0.2, 0.25) is 0 Å². The van der Waals surface area contributed by atoms with Gasteiger partial charge in [-0.05, 0) is 40.4 Å². The standard InChI is InChI=1S/C20H14BrN3O4S/c1-10-18-11(7-14(17-3-2-6-29-17)23-20(18)28-24-10)19(25)22-13-9-16-15(8-12(13)21)26-4-5-27-16/h2-3,6-9H,4-5H2,1H3,(H,22,25). The molecule has 0 fully saturated rings. The number of nitrogens with one attached hydrogen (secondary N) is 1. The number of hydrogen-bond donors (Lipinski definition) is 1. The Morgan fingerprint density at radius 1 is 1.21 bits per heavy atom. The maximum atomic E-state index is 13.2. The van der Waals surface area contributed by atoms with Crippen LogP contribution < -0.4 is 14.8 Å². The van der Waals surface area contributed by atoms with Crippen molar-refractivity contribution in [3.63, 3.8) is 0 Å². The SMILES string of the molecule is Cc1noc2nc(-c3cccs3)cc(C(=O)Nc3cc4c(cc3Br)OCCO4)c12. The number of carbonyl (C=O) groups excluding carboxylic acids is 1. The highest BCUT2D eigenvalue weighted by Gasteiger charge is 2.22. The summed E-state index contributed by atoms with van der Waals surface area (Å²) in [6.07, 6.45) is 0. The number of aromatic nitrogens is 2. The molecule has 0 aliphatic carbocycles. The molecule has 0 saturated carbocycles. The molecular weight excluding hydrogens is 458 g/mol. The van der Waals surface area contributed by atoms with Crippen LogP contribution in [0.3, 0.4) is 0 Å². The van der Waals surface area contributed by atoms with E-state index >= 15 is 0 Å². The van der Waals surface area contributed by atoms with Crippen LogP contribution in [0.4, 0.5) is 5.69 Å². The zero-order valence-corrected chi connectivity index (χ0v) is 17.6. The van der Waals surface area contributed by atoms with Gasteiger partial charge in [0.25, 0.3) is 11.6 Å². The highest BCUT2D eigenvalue weighted by molar-refractivity contribution is 9.10. The van der Waals surface area contributed by atoms with E-state index in [1.807, 2.05) is 17.5 Å². The number of halogens is 1. The lowest BCUT2D eigenvalue weighted by Gasteiger charge is -2.20. The van der Waals surface area contributed by atoms with Crippen molar-refractivity contribution in [1.82, 2.24) is 10.1 Å². The Morgan fingerprint density at radius 3 is 2.76 bits per heavy atom. The lowest BCUT2D eigenvalue weighted by Crippen LogP contribution is -2.17. The Bertz CT molecular complexity index is 1240. The van der Waals surface area contributed by atoms with Crippen LogP contribution in [0.5, 0.6) is 11.5 Å². The summed E-state index contributed by atoms with van der Waals surface area (Å²) in [6, 6.07) is 9.17. The molecular formula is C20H14BrN3O4S. The van der Waals surface area contributed by atoms with Crippen LogP contribution in [0.2, 0.25) is 0 Å². The van der Waals surface area contributed by atoms with E-state index in [1.165, 1.54) is 11.3 Å². The van der Waals surface area contributed by atoms with Crippen molar-refractivity contribution in [3.8, 4) is 22.1 Å². The Hall–Kier alpha value is -2.91. The molecule has 0 spiro atoms. The fourth-order valence-corrected chi connectivity index (χ4v) is 4.28. The summed E-state index contributed by atoms with van der Waals surface area (Å²) in [5.41, 5.74) is 2.63. The van der Waals surface area contributed by atoms with Crippen LogP contribution in [-0.4, -0.2) is 29.3 Å². The fourth-order valence-electron chi connectivity index (χ4n) is 3.17. The number of carbonyl (C=O) groups is 1. The van der Waals surface area contributed by atoms with Crippen LogP contribution in [0.25, 0.3) is 21.7 Å². The van der Waals surface area contributed by atoms with E-state index in [1.54, 1.807) is 25.1 Å². The van der Waals surface area contributed by atoms with E-state index < -0.39 is 0 Å². The lowest BCUT2D eigenvalue weighted by atomic mass is 10.1. The number of ether oxygens (including phenoxy) is 2. The van der Waals surface area contributed by atoms with E-state index in [9.17, 15) is 4.79 Å². The van der Waals surface area contributed by atoms with Crippen LogP contribution in [0.15, 0.2) is 44.7 Å². The van der Waals surface area contributed by atoms with Gasteiger partial charge in [-0.3, -0.25) is 4.79 Å². The van der Waals surface area contributed by atoms with Crippen molar-refractivity contribution in [2.45, 2.75) is 6.92 Å². The number of benzene rings is 1. The van der Waals surface area contributed by atoms with E-state index in [0.717, 1.165) is 4.88 Å². The molecule has 5 rings (SSSR count). The third kappa shape index (κ3) is 3.26. The molecule has 9 heteroatoms. The van der Waals surface area contributed by atoms with Crippen molar-refractivity contribution < 1.29 is 18.8 Å². The number of nitrogens with zero attached hydrogens (tertiary/aromatic N) is 2. The second-order valence-corrected chi connectivity index (χ2v) is 8.21. The third-order valence-electron chi connectivity index (χ3n) is 4.52. The maximum absolute atomic E-state index is 13.2. The molecule has 0 atom stereocenters. The highest BCUT2D eigenvalue weighted by atomic mass is 79.9. The largest absolute Gasteiger partial charge is 0.486 e. The molecule has 0 radical (unpaired) electrons. The molecule has 1 N–H and O–H groups in total. The van der Waals surface area contributed by atoms with Crippen molar-refractivity contribution in [2.75, 3.05) is 18.5 Å². The molecule has 4 heterocycles. The normalized spacial score (nSPS) is 12.9. The first-order valence-corrected chi connectivity index (χ1v) is 10.5. The summed E-state index contributed by atoms with van der Waals surface area (Å²) in [5, 5.41) is 9.48. The molecule has 0 unspecified atom stereocenters. The Balaban J connectivity index is 1.57. The first kappa shape index (κ1) is 18.1. The second-order valence-electron chi connectivity index (χ2n) is 6.41. The van der Waals surface area contributed by atoms with Gasteiger partial charge < -0.3 is 19.3 Å². The average molecular weight is 472 g/mol. The van der Waals surface area contributed by atoms with Gasteiger partial charge in [0.1, 0.15) is 13.2 Å². The van der Waals surface area contributed by atoms with Gasteiger partial charge in [-0.1, -0.05) is 11.2 Å². The van der Waals surface area contributed by atoms with Crippen molar-refractivity contribution >= 4 is 50.0 Å². The third-order valence-corrected chi connectivity index (χ3v) is 6.06. The minimum atomic E-state index is -0.293. The molecule has 1 aliphatic rings. The van der Waals surface area contributed by atoms with Crippen LogP contribution in [0.1, 0.15) is 16.1 Å². The number of thiophene rings is 1. The van der Waals surface area contributed by atoms with Crippen LogP contribution >= 0.6 is 27.3 Å². The van der Waals surface area contributed by atoms with Crippen molar-refractivity contribution in [3.05, 3.63) is 51.4 Å². The molecule has 7 nitrogen and oxygen atoms in total. The van der Waals surface area contributed by atoms with Gasteiger partial charge >= 0.3 is 0 Å². The Labute approximate surface area is 177 Å². The van der Waals surface area contributed by atoms with Gasteiger partial charge in [0.15, 0.2) is 11.5 Å². The number of pyridine rings is 1. The molecule has 146 valence electrons. The summed E-state index contributed by atoms with van der Waals surface area (Å²) in [6.45, 7) is 2.75. The first-order chi connectivity index (χ1) is 14.1. The highest BCUT2D eigenvalue weighted by Crippen LogP contribution is 2.38. The summed E-state index contributed by atoms with van der Waals surface area (Å²) < 4.78 is 17.2. The zero-order valence-electron chi connectivity index (χ0n) is 15.2. The quantitative estimate of drug-likeness (QED) is 0.450. The van der Waals surface area contributed by atoms with Gasteiger partial charge in [-0.2, -0.15) is 0 Å². The summed E-state index contributed by atoms with van der Waals surface area (Å²) in [5.74, 6) is 0.941. The molecule has 1 aromatic carbocycles. The molecule has 4 aromatic rings. The number of rotatable bonds is 3. The topological polar surface area (TPSA) is 86.5 Å². The van der Waals surface area contributed by atoms with Crippen LogP contribution in [-0.2, 0) is 0 Å². The summed E-state index contributed by atoms with van der Waals surface area (Å²) in [4.78, 5) is 18.7. The molecule has 3 aromatic heterocycles. The van der Waals surface area contributed by atoms with Crippen molar-refractivity contribution in [2.24, 2.45) is 0 Å². The minimum Gasteiger partial charge on any atom is -0.486 e. The van der Waals surface area contributed by atoms with Gasteiger partial charge in [-0.25, -0.2) is 4.98 Å². The van der Waals surface area contributed by atoms with Gasteiger partial charge in [0, 0.05) is 16.6 Å². The number of aryl methyl sites for hydroxylation is 1. The Kier molecular flexibility index (Phi) is 4.48. The molecule has 1 aliphatic heterocycles. The molecule has 29 heavy (non-hydrogen) atoms. The minimum absolute atomic E-state index is 0.293. The average Bonchev–Trinajstić information content (AvgIpc) is 3.38. The summed E-state index contributed by atoms with van der Waals surface area (Å²) in [7, 11) is 0. The fraction of sp³-hybridized carbons (Fsp3) is 0.150. The van der Waals surface area contributed by atoms with E-state index in [4.69, 9.17) is 14.0 Å². The van der Waals surface area contributed by atoms with E-state index in [-0.39, 0.29) is 5.91 Å². The van der Waals surface area contributed by atoms with Gasteiger partial charge in [-0.15, -0.1) is 11.3 Å². The first-order valence-electron chi connectivity index (χ1n) is 8.81. The smallest absolute Gasteiger partial charge is 0.259 e.